The molecule has 1 saturated carbocycles. The monoisotopic (exact) mass is 374 g/mol. The van der Waals surface area contributed by atoms with Crippen LogP contribution in [0.15, 0.2) is 24.3 Å². The zero-order chi connectivity index (χ0) is 20.1. The maximum atomic E-state index is 13.0. The normalized spacial score (nSPS) is 23.7. The highest BCUT2D eigenvalue weighted by Crippen LogP contribution is 2.56. The number of benzene rings is 1. The summed E-state index contributed by atoms with van der Waals surface area (Å²) in [6.07, 6.45) is 3.19. The van der Waals surface area contributed by atoms with Gasteiger partial charge in [-0.1, -0.05) is 39.0 Å². The molecule has 1 aromatic rings. The van der Waals surface area contributed by atoms with E-state index in [1.165, 1.54) is 0 Å². The minimum absolute atomic E-state index is 0.0549. The Kier molecular flexibility index (Phi) is 6.90. The summed E-state index contributed by atoms with van der Waals surface area (Å²) in [5.41, 5.74) is 0.240. The molecule has 1 fully saturated rings. The lowest BCUT2D eigenvalue weighted by molar-refractivity contribution is -0.138. The van der Waals surface area contributed by atoms with Gasteiger partial charge in [-0.3, -0.25) is 9.59 Å². The van der Waals surface area contributed by atoms with Gasteiger partial charge in [-0.15, -0.1) is 0 Å². The molecule has 5 heteroatoms. The lowest BCUT2D eigenvalue weighted by atomic mass is 9.65. The number of amides is 2. The molecule has 0 bridgehead atoms. The Morgan fingerprint density at radius 3 is 2.56 bits per heavy atom. The third-order valence-corrected chi connectivity index (χ3v) is 6.50. The van der Waals surface area contributed by atoms with Gasteiger partial charge in [0.2, 0.25) is 11.8 Å². The fraction of sp³-hybridized carbons (Fsp3) is 0.636. The number of ether oxygens (including phenoxy) is 1. The molecular weight excluding hydrogens is 340 g/mol. The Labute approximate surface area is 163 Å². The molecule has 2 amide bonds. The van der Waals surface area contributed by atoms with E-state index >= 15 is 0 Å². The molecule has 0 aliphatic heterocycles. The summed E-state index contributed by atoms with van der Waals surface area (Å²) in [5, 5.41) is 6.03. The quantitative estimate of drug-likeness (QED) is 0.686. The predicted molar refractivity (Wildman–Crippen MR) is 108 cm³/mol. The number of para-hydroxylation sites is 1. The first-order chi connectivity index (χ1) is 12.8. The zero-order valence-corrected chi connectivity index (χ0v) is 17.4. The van der Waals surface area contributed by atoms with Crippen molar-refractivity contribution in [3.63, 3.8) is 0 Å². The third-order valence-electron chi connectivity index (χ3n) is 6.50. The van der Waals surface area contributed by atoms with Crippen molar-refractivity contribution in [2.75, 3.05) is 20.2 Å². The molecule has 0 radical (unpaired) electrons. The number of rotatable bonds is 8. The molecule has 0 spiro atoms. The number of carbonyl (C=O) groups excluding carboxylic acids is 2. The minimum Gasteiger partial charge on any atom is -0.496 e. The molecule has 2 atom stereocenters. The Morgan fingerprint density at radius 2 is 1.89 bits per heavy atom. The first-order valence-corrected chi connectivity index (χ1v) is 9.95. The maximum absolute atomic E-state index is 13.0. The molecule has 27 heavy (non-hydrogen) atoms. The lowest BCUT2D eigenvalue weighted by Crippen LogP contribution is -2.49. The van der Waals surface area contributed by atoms with Crippen LogP contribution in [-0.4, -0.2) is 32.0 Å². The molecule has 1 aromatic carbocycles. The summed E-state index contributed by atoms with van der Waals surface area (Å²) in [7, 11) is 1.68. The van der Waals surface area contributed by atoms with Crippen LogP contribution in [0.3, 0.4) is 0 Å². The molecule has 1 aliphatic rings. The number of hydrogen-bond donors (Lipinski definition) is 2. The highest BCUT2D eigenvalue weighted by molar-refractivity contribution is 5.87. The molecule has 2 rings (SSSR count). The van der Waals surface area contributed by atoms with Crippen LogP contribution in [0.1, 0.15) is 52.5 Å². The van der Waals surface area contributed by atoms with Gasteiger partial charge < -0.3 is 15.4 Å². The van der Waals surface area contributed by atoms with Crippen molar-refractivity contribution in [2.45, 2.75) is 53.4 Å². The Balaban J connectivity index is 1.92. The average molecular weight is 375 g/mol. The van der Waals surface area contributed by atoms with Crippen molar-refractivity contribution in [3.05, 3.63) is 29.8 Å². The molecule has 5 nitrogen and oxygen atoms in total. The topological polar surface area (TPSA) is 67.4 Å². The highest BCUT2D eigenvalue weighted by atomic mass is 16.5. The summed E-state index contributed by atoms with van der Waals surface area (Å²) in [4.78, 5) is 25.4. The highest BCUT2D eigenvalue weighted by Gasteiger charge is 2.57. The minimum atomic E-state index is -0.535. The molecule has 0 heterocycles. The van der Waals surface area contributed by atoms with Gasteiger partial charge in [0.05, 0.1) is 12.5 Å². The van der Waals surface area contributed by atoms with Crippen LogP contribution in [0.2, 0.25) is 0 Å². The second-order valence-corrected chi connectivity index (χ2v) is 8.21. The van der Waals surface area contributed by atoms with E-state index in [1.54, 1.807) is 7.11 Å². The van der Waals surface area contributed by atoms with Crippen LogP contribution in [0, 0.1) is 16.7 Å². The van der Waals surface area contributed by atoms with E-state index < -0.39 is 5.41 Å². The molecule has 0 saturated heterocycles. The van der Waals surface area contributed by atoms with Crippen LogP contribution >= 0.6 is 0 Å². The standard InChI is InChI=1S/C22H34N2O3/c1-6-23-19(25)17-13-14-22(4,21(17,2)3)20(26)24-15-9-11-16-10-7-8-12-18(16)27-5/h7-8,10,12,17H,6,9,11,13-15H2,1-5H3,(H,23,25)(H,24,26)/t17-,22+/m1/s1. The SMILES string of the molecule is CCNC(=O)[C@H]1CC[C@@](C)(C(=O)NCCCc2ccccc2OC)C1(C)C. The van der Waals surface area contributed by atoms with E-state index in [0.29, 0.717) is 13.1 Å². The van der Waals surface area contributed by atoms with Crippen molar-refractivity contribution < 1.29 is 14.3 Å². The fourth-order valence-corrected chi connectivity index (χ4v) is 4.25. The lowest BCUT2D eigenvalue weighted by Gasteiger charge is -2.39. The second-order valence-electron chi connectivity index (χ2n) is 8.21. The van der Waals surface area contributed by atoms with E-state index in [4.69, 9.17) is 4.74 Å². The zero-order valence-electron chi connectivity index (χ0n) is 17.4. The van der Waals surface area contributed by atoms with Gasteiger partial charge in [0.15, 0.2) is 0 Å². The van der Waals surface area contributed by atoms with Crippen LogP contribution in [-0.2, 0) is 16.0 Å². The third kappa shape index (κ3) is 4.28. The second kappa shape index (κ2) is 8.77. The van der Waals surface area contributed by atoms with Gasteiger partial charge in [-0.2, -0.15) is 0 Å². The predicted octanol–water partition coefficient (Wildman–Crippen LogP) is 3.32. The van der Waals surface area contributed by atoms with Crippen molar-refractivity contribution >= 4 is 11.8 Å². The van der Waals surface area contributed by atoms with Crippen LogP contribution in [0.25, 0.3) is 0 Å². The molecule has 2 N–H and O–H groups in total. The van der Waals surface area contributed by atoms with E-state index in [9.17, 15) is 9.59 Å². The number of carbonyl (C=O) groups is 2. The first-order valence-electron chi connectivity index (χ1n) is 9.95. The molecule has 0 aromatic heterocycles. The van der Waals surface area contributed by atoms with E-state index in [-0.39, 0.29) is 23.1 Å². The van der Waals surface area contributed by atoms with Gasteiger partial charge in [-0.05, 0) is 49.7 Å². The summed E-state index contributed by atoms with van der Waals surface area (Å²) in [6.45, 7) is 9.27. The Morgan fingerprint density at radius 1 is 1.19 bits per heavy atom. The number of aryl methyl sites for hydroxylation is 1. The maximum Gasteiger partial charge on any atom is 0.226 e. The summed E-state index contributed by atoms with van der Waals surface area (Å²) < 4.78 is 5.38. The van der Waals surface area contributed by atoms with Gasteiger partial charge >= 0.3 is 0 Å². The van der Waals surface area contributed by atoms with Crippen molar-refractivity contribution in [3.8, 4) is 5.75 Å². The Bertz CT molecular complexity index is 671. The number of hydrogen-bond acceptors (Lipinski definition) is 3. The molecule has 1 aliphatic carbocycles. The van der Waals surface area contributed by atoms with E-state index in [2.05, 4.69) is 16.7 Å². The largest absolute Gasteiger partial charge is 0.496 e. The van der Waals surface area contributed by atoms with Crippen LogP contribution in [0.4, 0.5) is 0 Å². The fourth-order valence-electron chi connectivity index (χ4n) is 4.25. The van der Waals surface area contributed by atoms with Gasteiger partial charge in [0.1, 0.15) is 5.75 Å². The van der Waals surface area contributed by atoms with Gasteiger partial charge in [0.25, 0.3) is 0 Å². The van der Waals surface area contributed by atoms with Gasteiger partial charge in [0, 0.05) is 19.0 Å². The summed E-state index contributed by atoms with van der Waals surface area (Å²) in [5.74, 6) is 0.883. The summed E-state index contributed by atoms with van der Waals surface area (Å²) >= 11 is 0. The van der Waals surface area contributed by atoms with Crippen LogP contribution in [0.5, 0.6) is 5.75 Å². The summed E-state index contributed by atoms with van der Waals surface area (Å²) in [6, 6.07) is 7.97. The van der Waals surface area contributed by atoms with Crippen molar-refractivity contribution in [1.29, 1.82) is 0 Å². The number of methoxy groups -OCH3 is 1. The number of nitrogens with one attached hydrogen (secondary N) is 2. The molecule has 150 valence electrons. The van der Waals surface area contributed by atoms with E-state index in [0.717, 1.165) is 37.0 Å². The van der Waals surface area contributed by atoms with Crippen LogP contribution < -0.4 is 15.4 Å². The van der Waals surface area contributed by atoms with Crippen molar-refractivity contribution in [1.82, 2.24) is 10.6 Å². The first kappa shape index (κ1) is 21.3. The smallest absolute Gasteiger partial charge is 0.226 e. The Hall–Kier alpha value is -2.04. The van der Waals surface area contributed by atoms with Crippen molar-refractivity contribution in [2.24, 2.45) is 16.7 Å². The molecule has 0 unspecified atom stereocenters. The molecular formula is C22H34N2O3. The van der Waals surface area contributed by atoms with E-state index in [1.807, 2.05) is 45.9 Å². The van der Waals surface area contributed by atoms with Gasteiger partial charge in [-0.25, -0.2) is 0 Å². The average Bonchev–Trinajstić information content (AvgIpc) is 2.89.